The van der Waals surface area contributed by atoms with E-state index in [-0.39, 0.29) is 0 Å². The van der Waals surface area contributed by atoms with Crippen LogP contribution in [0.25, 0.3) is 0 Å². The number of unbranched alkanes of at least 4 members (excludes halogenated alkanes) is 18. The summed E-state index contributed by atoms with van der Waals surface area (Å²) in [4.78, 5) is 0. The van der Waals surface area contributed by atoms with Crippen LogP contribution in [0.1, 0.15) is 142 Å². The molecule has 0 aromatic carbocycles. The summed E-state index contributed by atoms with van der Waals surface area (Å²) in [6, 6.07) is 2.97. The van der Waals surface area contributed by atoms with Crippen LogP contribution in [0.4, 0.5) is 0 Å². The number of hydrogen-bond acceptors (Lipinski definition) is 2. The van der Waals surface area contributed by atoms with Crippen LogP contribution in [0.3, 0.4) is 0 Å². The Morgan fingerprint density at radius 1 is 0.472 bits per heavy atom. The second-order valence-corrected chi connectivity index (χ2v) is 16.5. The molecule has 0 radical (unpaired) electrons. The van der Waals surface area contributed by atoms with Crippen molar-refractivity contribution in [1.29, 1.82) is 0 Å². The number of rotatable bonds is 23. The molecule has 2 unspecified atom stereocenters. The maximum Gasteiger partial charge on any atom is 0.0451 e. The first-order valence-electron chi connectivity index (χ1n) is 15.9. The fourth-order valence-corrected chi connectivity index (χ4v) is 12.3. The lowest BCUT2D eigenvalue weighted by atomic mass is 10.1. The number of thioether (sulfide) groups is 2. The van der Waals surface area contributed by atoms with Crippen molar-refractivity contribution in [2.45, 2.75) is 165 Å². The highest BCUT2D eigenvalue weighted by molar-refractivity contribution is 8.08. The van der Waals surface area contributed by atoms with E-state index in [0.717, 1.165) is 10.5 Å². The predicted octanol–water partition coefficient (Wildman–Crippen LogP) is 10.1. The van der Waals surface area contributed by atoms with E-state index in [4.69, 9.17) is 0 Å². The summed E-state index contributed by atoms with van der Waals surface area (Å²) in [5.41, 5.74) is 0. The van der Waals surface area contributed by atoms with Gasteiger partial charge in [0.15, 0.2) is 0 Å². The first kappa shape index (κ1) is 32.6. The average molecular weight is 563 g/mol. The van der Waals surface area contributed by atoms with E-state index >= 15 is 0 Å². The summed E-state index contributed by atoms with van der Waals surface area (Å²) < 4.78 is 0. The van der Waals surface area contributed by atoms with Crippen molar-refractivity contribution < 1.29 is 0 Å². The Morgan fingerprint density at radius 2 is 0.778 bits per heavy atom. The topological polar surface area (TPSA) is 0 Å². The summed E-state index contributed by atoms with van der Waals surface area (Å²) >= 11 is 4.26. The summed E-state index contributed by atoms with van der Waals surface area (Å²) in [6.45, 7) is 4.62. The van der Waals surface area contributed by atoms with Crippen molar-refractivity contribution in [1.82, 2.24) is 0 Å². The molecular formula is C32H58S2Si2. The zero-order chi connectivity index (χ0) is 25.5. The van der Waals surface area contributed by atoms with E-state index in [1.807, 2.05) is 10.3 Å². The van der Waals surface area contributed by atoms with Crippen LogP contribution in [0, 0.1) is 0 Å². The first-order chi connectivity index (χ1) is 17.9. The molecule has 0 aromatic rings. The molecule has 0 saturated carbocycles. The van der Waals surface area contributed by atoms with Gasteiger partial charge in [-0.25, -0.2) is 0 Å². The van der Waals surface area contributed by atoms with Crippen LogP contribution in [0.5, 0.6) is 0 Å². The van der Waals surface area contributed by atoms with E-state index in [0.29, 0.717) is 18.3 Å². The van der Waals surface area contributed by atoms with E-state index in [2.05, 4.69) is 60.3 Å². The number of allylic oxidation sites excluding steroid dienone is 2. The van der Waals surface area contributed by atoms with Gasteiger partial charge in [0.2, 0.25) is 0 Å². The van der Waals surface area contributed by atoms with Crippen molar-refractivity contribution in [3.8, 4) is 0 Å². The number of hydrogen-bond donors (Lipinski definition) is 0. The molecule has 2 atom stereocenters. The van der Waals surface area contributed by atoms with Crippen LogP contribution in [0.2, 0.25) is 12.1 Å². The quantitative estimate of drug-likeness (QED) is 0.0897. The van der Waals surface area contributed by atoms with Crippen LogP contribution >= 0.6 is 23.5 Å². The zero-order valence-corrected chi connectivity index (χ0v) is 27.9. The van der Waals surface area contributed by atoms with E-state index in [1.165, 1.54) is 141 Å². The van der Waals surface area contributed by atoms with E-state index in [1.54, 1.807) is 0 Å². The molecule has 36 heavy (non-hydrogen) atoms. The van der Waals surface area contributed by atoms with Crippen LogP contribution in [-0.4, -0.2) is 39.1 Å². The molecule has 0 spiro atoms. The molecule has 0 N–H and O–H groups in total. The van der Waals surface area contributed by atoms with Gasteiger partial charge >= 0.3 is 0 Å². The summed E-state index contributed by atoms with van der Waals surface area (Å²) in [5.74, 6) is 0. The van der Waals surface area contributed by atoms with Gasteiger partial charge in [0, 0.05) is 10.5 Å². The normalized spacial score (nSPS) is 21.5. The predicted molar refractivity (Wildman–Crippen MR) is 179 cm³/mol. The molecule has 0 aliphatic carbocycles. The maximum atomic E-state index is 2.51. The van der Waals surface area contributed by atoms with Gasteiger partial charge < -0.3 is 0 Å². The second-order valence-electron chi connectivity index (χ2n) is 11.1. The van der Waals surface area contributed by atoms with Crippen LogP contribution < -0.4 is 0 Å². The minimum atomic E-state index is 0.505. The standard InChI is InChI=1S/C32H58S2Si2/c1-3-5-7-9-11-13-15-17-19-21-27-35-29-23-25-33-31(29)32-30(24-26-34-32)36-28-22-20-18-16-14-12-10-8-6-4-2/h23-26,31-32,35-36H,3-22,27-28H2,1-2H3/b35-29+,36-30+. The molecule has 0 fully saturated rings. The van der Waals surface area contributed by atoms with Crippen molar-refractivity contribution in [2.24, 2.45) is 0 Å². The van der Waals surface area contributed by atoms with Gasteiger partial charge in [-0.2, -0.15) is 0 Å². The van der Waals surface area contributed by atoms with Crippen molar-refractivity contribution in [3.63, 3.8) is 0 Å². The van der Waals surface area contributed by atoms with E-state index < -0.39 is 0 Å². The molecule has 0 saturated heterocycles. The second kappa shape index (κ2) is 23.3. The molecule has 0 amide bonds. The highest BCUT2D eigenvalue weighted by atomic mass is 32.2. The molecule has 2 heterocycles. The minimum Gasteiger partial charge on any atom is -0.125 e. The van der Waals surface area contributed by atoms with E-state index in [9.17, 15) is 0 Å². The maximum absolute atomic E-state index is 2.51. The third-order valence-corrected chi connectivity index (χ3v) is 14.1. The van der Waals surface area contributed by atoms with Gasteiger partial charge in [-0.05, 0) is 41.2 Å². The Hall–Kier alpha value is 0.354. The van der Waals surface area contributed by atoms with Gasteiger partial charge in [0.25, 0.3) is 0 Å². The van der Waals surface area contributed by atoms with Gasteiger partial charge in [-0.3, -0.25) is 0 Å². The smallest absolute Gasteiger partial charge is 0.0451 e. The third-order valence-electron chi connectivity index (χ3n) is 7.78. The van der Waals surface area contributed by atoms with Crippen molar-refractivity contribution in [3.05, 3.63) is 23.0 Å². The summed E-state index contributed by atoms with van der Waals surface area (Å²) in [5, 5.41) is 10.0. The summed E-state index contributed by atoms with van der Waals surface area (Å²) in [6.07, 6.45) is 34.1. The Morgan fingerprint density at radius 3 is 1.11 bits per heavy atom. The lowest BCUT2D eigenvalue weighted by Gasteiger charge is -2.21. The molecule has 2 aliphatic rings. The molecule has 0 aromatic heterocycles. The Bertz CT molecular complexity index is 597. The van der Waals surface area contributed by atoms with Crippen LogP contribution in [-0.2, 0) is 0 Å². The van der Waals surface area contributed by atoms with Gasteiger partial charge in [-0.15, -0.1) is 23.5 Å². The molecule has 2 rings (SSSR count). The van der Waals surface area contributed by atoms with Gasteiger partial charge in [0.05, 0.1) is 0 Å². The molecule has 0 bridgehead atoms. The lowest BCUT2D eigenvalue weighted by Crippen LogP contribution is -2.32. The van der Waals surface area contributed by atoms with Gasteiger partial charge in [-0.1, -0.05) is 165 Å². The van der Waals surface area contributed by atoms with Gasteiger partial charge in [0.1, 0.15) is 0 Å². The Kier molecular flexibility index (Phi) is 21.0. The first-order valence-corrected chi connectivity index (χ1v) is 20.6. The van der Waals surface area contributed by atoms with Crippen LogP contribution in [0.15, 0.2) is 23.0 Å². The Labute approximate surface area is 239 Å². The average Bonchev–Trinajstić information content (AvgIpc) is 3.55. The molecule has 4 heteroatoms. The molecule has 2 aliphatic heterocycles. The molecule has 0 nitrogen and oxygen atoms in total. The molecule has 206 valence electrons. The minimum absolute atomic E-state index is 0.505. The SMILES string of the molecule is CCCCCCCCCCCC/[SiH]=C1\C=CSC1C1SC=C/C1=[SiH]\CCCCCCCCCCCC. The largest absolute Gasteiger partial charge is 0.125 e. The highest BCUT2D eigenvalue weighted by Crippen LogP contribution is 2.35. The van der Waals surface area contributed by atoms with Crippen molar-refractivity contribution >= 4 is 52.1 Å². The third kappa shape index (κ3) is 15.1. The monoisotopic (exact) mass is 562 g/mol. The van der Waals surface area contributed by atoms with Crippen molar-refractivity contribution in [2.75, 3.05) is 0 Å². The Balaban J connectivity index is 1.56. The molecular weight excluding hydrogens is 505 g/mol. The fourth-order valence-electron chi connectivity index (χ4n) is 5.41. The summed E-state index contributed by atoms with van der Waals surface area (Å²) in [7, 11) is 1.01. The fraction of sp³-hybridized carbons (Fsp3) is 0.812. The zero-order valence-electron chi connectivity index (χ0n) is 24.0. The highest BCUT2D eigenvalue weighted by Gasteiger charge is 2.30. The lowest BCUT2D eigenvalue weighted by molar-refractivity contribution is 0.562.